The summed E-state index contributed by atoms with van der Waals surface area (Å²) in [6.45, 7) is 2.24. The molecule has 0 unspecified atom stereocenters. The molecular formula is C11H14BrClN2O. The van der Waals surface area contributed by atoms with Crippen molar-refractivity contribution in [3.63, 3.8) is 0 Å². The number of halogens is 2. The number of hydrogen-bond donors (Lipinski definition) is 2. The Balaban J connectivity index is 0.00000128. The molecule has 3 nitrogen and oxygen atoms in total. The number of hydrogen-bond acceptors (Lipinski definition) is 2. The fraction of sp³-hybridized carbons (Fsp3) is 0.364. The third-order valence-electron chi connectivity index (χ3n) is 2.53. The van der Waals surface area contributed by atoms with E-state index in [1.54, 1.807) is 0 Å². The molecule has 16 heavy (non-hydrogen) atoms. The van der Waals surface area contributed by atoms with Crippen LogP contribution in [0.1, 0.15) is 5.56 Å². The van der Waals surface area contributed by atoms with Crippen LogP contribution < -0.4 is 10.6 Å². The molecule has 0 bridgehead atoms. The molecule has 1 heterocycles. The highest BCUT2D eigenvalue weighted by atomic mass is 79.9. The normalized spacial score (nSPS) is 14.8. The molecule has 2 rings (SSSR count). The first-order valence-electron chi connectivity index (χ1n) is 4.98. The van der Waals surface area contributed by atoms with Gasteiger partial charge in [-0.3, -0.25) is 4.79 Å². The van der Waals surface area contributed by atoms with E-state index in [-0.39, 0.29) is 24.2 Å². The molecule has 88 valence electrons. The van der Waals surface area contributed by atoms with Gasteiger partial charge >= 0.3 is 0 Å². The molecule has 0 aliphatic carbocycles. The van der Waals surface area contributed by atoms with Crippen LogP contribution in [0, 0.1) is 5.92 Å². The maximum Gasteiger partial charge on any atom is 0.225 e. The minimum Gasteiger partial charge on any atom is -0.352 e. The van der Waals surface area contributed by atoms with E-state index in [1.165, 1.54) is 0 Å². The maximum atomic E-state index is 11.5. The zero-order valence-corrected chi connectivity index (χ0v) is 11.1. The van der Waals surface area contributed by atoms with E-state index in [4.69, 9.17) is 0 Å². The molecule has 1 aliphatic heterocycles. The van der Waals surface area contributed by atoms with Crippen molar-refractivity contribution < 1.29 is 4.79 Å². The lowest BCUT2D eigenvalue weighted by molar-refractivity contribution is -0.126. The standard InChI is InChI=1S/C11H13BrN2O.ClH/c12-10-3-1-8(2-4-10)5-14-11(15)9-6-13-7-9;/h1-4,9,13H,5-7H2,(H,14,15);1H. The van der Waals surface area contributed by atoms with Crippen LogP contribution in [0.5, 0.6) is 0 Å². The summed E-state index contributed by atoms with van der Waals surface area (Å²) in [6.07, 6.45) is 0. The molecule has 1 fully saturated rings. The van der Waals surface area contributed by atoms with Crippen molar-refractivity contribution in [2.75, 3.05) is 13.1 Å². The number of carbonyl (C=O) groups excluding carboxylic acids is 1. The Kier molecular flexibility index (Phi) is 5.25. The van der Waals surface area contributed by atoms with Gasteiger partial charge in [0.2, 0.25) is 5.91 Å². The first-order valence-corrected chi connectivity index (χ1v) is 5.78. The second-order valence-electron chi connectivity index (χ2n) is 3.70. The summed E-state index contributed by atoms with van der Waals surface area (Å²) in [5, 5.41) is 6.01. The minimum atomic E-state index is 0. The molecule has 0 saturated carbocycles. The Labute approximate surface area is 110 Å². The van der Waals surface area contributed by atoms with Crippen molar-refractivity contribution in [3.05, 3.63) is 34.3 Å². The fourth-order valence-corrected chi connectivity index (χ4v) is 1.67. The molecule has 2 N–H and O–H groups in total. The van der Waals surface area contributed by atoms with Gasteiger partial charge in [-0.25, -0.2) is 0 Å². The summed E-state index contributed by atoms with van der Waals surface area (Å²) in [5.41, 5.74) is 1.12. The van der Waals surface area contributed by atoms with Crippen LogP contribution in [0.2, 0.25) is 0 Å². The van der Waals surface area contributed by atoms with Crippen molar-refractivity contribution >= 4 is 34.2 Å². The van der Waals surface area contributed by atoms with E-state index < -0.39 is 0 Å². The first-order chi connectivity index (χ1) is 7.25. The molecule has 1 aromatic carbocycles. The third kappa shape index (κ3) is 3.47. The first kappa shape index (κ1) is 13.5. The quantitative estimate of drug-likeness (QED) is 0.892. The summed E-state index contributed by atoms with van der Waals surface area (Å²) in [7, 11) is 0. The molecule has 0 radical (unpaired) electrons. The molecule has 0 spiro atoms. The molecule has 1 aromatic rings. The van der Waals surface area contributed by atoms with Crippen molar-refractivity contribution in [1.29, 1.82) is 0 Å². The Morgan fingerprint density at radius 1 is 1.38 bits per heavy atom. The monoisotopic (exact) mass is 304 g/mol. The number of benzene rings is 1. The van der Waals surface area contributed by atoms with Crippen LogP contribution in [0.25, 0.3) is 0 Å². The van der Waals surface area contributed by atoms with Crippen molar-refractivity contribution in [2.24, 2.45) is 5.92 Å². The van der Waals surface area contributed by atoms with Crippen molar-refractivity contribution in [3.8, 4) is 0 Å². The molecule has 1 amide bonds. The third-order valence-corrected chi connectivity index (χ3v) is 3.06. The average Bonchev–Trinajstić information content (AvgIpc) is 2.14. The number of rotatable bonds is 3. The van der Waals surface area contributed by atoms with E-state index in [1.807, 2.05) is 24.3 Å². The van der Waals surface area contributed by atoms with Gasteiger partial charge in [0, 0.05) is 24.1 Å². The van der Waals surface area contributed by atoms with Gasteiger partial charge in [0.05, 0.1) is 5.92 Å². The fourth-order valence-electron chi connectivity index (χ4n) is 1.41. The summed E-state index contributed by atoms with van der Waals surface area (Å²) >= 11 is 3.37. The van der Waals surface area contributed by atoms with Crippen molar-refractivity contribution in [1.82, 2.24) is 10.6 Å². The molecule has 1 aliphatic rings. The van der Waals surface area contributed by atoms with Crippen LogP contribution in [-0.4, -0.2) is 19.0 Å². The largest absolute Gasteiger partial charge is 0.352 e. The van der Waals surface area contributed by atoms with Gasteiger partial charge in [-0.05, 0) is 17.7 Å². The van der Waals surface area contributed by atoms with Crippen LogP contribution in [-0.2, 0) is 11.3 Å². The van der Waals surface area contributed by atoms with E-state index in [0.29, 0.717) is 6.54 Å². The Morgan fingerprint density at radius 2 is 2.00 bits per heavy atom. The van der Waals surface area contributed by atoms with E-state index >= 15 is 0 Å². The summed E-state index contributed by atoms with van der Waals surface area (Å²) < 4.78 is 1.06. The predicted octanol–water partition coefficient (Wildman–Crippen LogP) is 1.71. The van der Waals surface area contributed by atoms with Crippen LogP contribution in [0.15, 0.2) is 28.7 Å². The highest BCUT2D eigenvalue weighted by molar-refractivity contribution is 9.10. The average molecular weight is 306 g/mol. The number of carbonyl (C=O) groups is 1. The Morgan fingerprint density at radius 3 is 2.50 bits per heavy atom. The van der Waals surface area contributed by atoms with Crippen LogP contribution >= 0.6 is 28.3 Å². The number of amides is 1. The smallest absolute Gasteiger partial charge is 0.225 e. The lowest BCUT2D eigenvalue weighted by Crippen LogP contribution is -2.50. The highest BCUT2D eigenvalue weighted by Gasteiger charge is 2.24. The number of nitrogens with one attached hydrogen (secondary N) is 2. The summed E-state index contributed by atoms with van der Waals surface area (Å²) in [5.74, 6) is 0.317. The topological polar surface area (TPSA) is 41.1 Å². The minimum absolute atomic E-state index is 0. The summed E-state index contributed by atoms with van der Waals surface area (Å²) in [4.78, 5) is 11.5. The van der Waals surface area contributed by atoms with Gasteiger partial charge in [-0.15, -0.1) is 12.4 Å². The lowest BCUT2D eigenvalue weighted by atomic mass is 10.0. The summed E-state index contributed by atoms with van der Waals surface area (Å²) in [6, 6.07) is 7.96. The van der Waals surface area contributed by atoms with Gasteiger partial charge in [-0.1, -0.05) is 28.1 Å². The van der Waals surface area contributed by atoms with Crippen molar-refractivity contribution in [2.45, 2.75) is 6.54 Å². The Hall–Kier alpha value is -0.580. The molecule has 0 atom stereocenters. The lowest BCUT2D eigenvalue weighted by Gasteiger charge is -2.25. The molecule has 5 heteroatoms. The second kappa shape index (κ2) is 6.23. The van der Waals surface area contributed by atoms with E-state index in [0.717, 1.165) is 23.1 Å². The maximum absolute atomic E-state index is 11.5. The second-order valence-corrected chi connectivity index (χ2v) is 4.62. The SMILES string of the molecule is Cl.O=C(NCc1ccc(Br)cc1)C1CNC1. The molecule has 1 saturated heterocycles. The van der Waals surface area contributed by atoms with Gasteiger partial charge < -0.3 is 10.6 Å². The zero-order valence-electron chi connectivity index (χ0n) is 8.70. The molecule has 0 aromatic heterocycles. The van der Waals surface area contributed by atoms with Gasteiger partial charge in [0.1, 0.15) is 0 Å². The molecular weight excluding hydrogens is 291 g/mol. The van der Waals surface area contributed by atoms with Crippen LogP contribution in [0.3, 0.4) is 0 Å². The Bertz CT molecular complexity index is 352. The zero-order chi connectivity index (χ0) is 10.7. The van der Waals surface area contributed by atoms with E-state index in [2.05, 4.69) is 26.6 Å². The van der Waals surface area contributed by atoms with Crippen LogP contribution in [0.4, 0.5) is 0 Å². The predicted molar refractivity (Wildman–Crippen MR) is 69.6 cm³/mol. The van der Waals surface area contributed by atoms with Gasteiger partial charge in [0.15, 0.2) is 0 Å². The van der Waals surface area contributed by atoms with E-state index in [9.17, 15) is 4.79 Å². The van der Waals surface area contributed by atoms with Gasteiger partial charge in [0.25, 0.3) is 0 Å². The highest BCUT2D eigenvalue weighted by Crippen LogP contribution is 2.10. The van der Waals surface area contributed by atoms with Gasteiger partial charge in [-0.2, -0.15) is 0 Å².